The van der Waals surface area contributed by atoms with Gasteiger partial charge in [-0.05, 0) is 12.5 Å². The van der Waals surface area contributed by atoms with Gasteiger partial charge in [0.25, 0.3) is 11.4 Å². The molecule has 0 bridgehead atoms. The number of nitrogens with zero attached hydrogens (tertiary/aromatic N) is 4. The number of hydrogen-bond acceptors (Lipinski definition) is 9. The van der Waals surface area contributed by atoms with Crippen LogP contribution in [0.15, 0.2) is 47.5 Å². The van der Waals surface area contributed by atoms with E-state index in [-0.39, 0.29) is 0 Å². The van der Waals surface area contributed by atoms with E-state index in [9.17, 15) is 30.3 Å². The first-order chi connectivity index (χ1) is 13.7. The number of rotatable bonds is 5. The molecule has 2 aromatic rings. The van der Waals surface area contributed by atoms with Crippen molar-refractivity contribution < 1.29 is 19.9 Å². The number of non-ortho nitro benzene ring substituents is 1. The molecule has 0 saturated carbocycles. The van der Waals surface area contributed by atoms with E-state index >= 15 is 0 Å². The lowest BCUT2D eigenvalue weighted by molar-refractivity contribution is -0.404. The van der Waals surface area contributed by atoms with Gasteiger partial charge in [0.2, 0.25) is 0 Å². The Bertz CT molecular complexity index is 927. The largest absolute Gasteiger partial charge is 0.497 e. The Morgan fingerprint density at radius 3 is 2.00 bits per heavy atom. The summed E-state index contributed by atoms with van der Waals surface area (Å²) in [6, 6.07) is 11.8. The number of nitrogens with one attached hydrogen (secondary N) is 1. The van der Waals surface area contributed by atoms with E-state index in [0.29, 0.717) is 18.2 Å². The lowest BCUT2D eigenvalue weighted by Gasteiger charge is -2.00. The molecule has 29 heavy (non-hydrogen) atoms. The first-order valence-corrected chi connectivity index (χ1v) is 8.33. The zero-order valence-corrected chi connectivity index (χ0v) is 15.2. The molecule has 152 valence electrons. The van der Waals surface area contributed by atoms with Crippen LogP contribution in [-0.2, 0) is 6.42 Å². The summed E-state index contributed by atoms with van der Waals surface area (Å²) in [5, 5.41) is 43.5. The quantitative estimate of drug-likeness (QED) is 0.566. The monoisotopic (exact) mass is 403 g/mol. The van der Waals surface area contributed by atoms with Gasteiger partial charge < -0.3 is 10.4 Å². The van der Waals surface area contributed by atoms with Crippen molar-refractivity contribution in [2.45, 2.75) is 19.4 Å². The minimum Gasteiger partial charge on any atom is -0.497 e. The highest BCUT2D eigenvalue weighted by Crippen LogP contribution is 2.38. The number of phenols is 1. The molecule has 12 nitrogen and oxygen atoms in total. The summed E-state index contributed by atoms with van der Waals surface area (Å²) in [5.74, 6) is -0.0840. The van der Waals surface area contributed by atoms with Crippen molar-refractivity contribution in [3.8, 4) is 5.75 Å². The highest BCUT2D eigenvalue weighted by molar-refractivity contribution is 5.85. The van der Waals surface area contributed by atoms with Crippen molar-refractivity contribution in [1.82, 2.24) is 5.32 Å². The Morgan fingerprint density at radius 1 is 1.03 bits per heavy atom. The van der Waals surface area contributed by atoms with Gasteiger partial charge in [-0.25, -0.2) is 0 Å². The Balaban J connectivity index is 0.000000211. The second-order valence-electron chi connectivity index (χ2n) is 6.07. The Morgan fingerprint density at radius 2 is 1.59 bits per heavy atom. The molecule has 0 amide bonds. The normalized spacial score (nSPS) is 14.8. The average molecular weight is 403 g/mol. The number of benzene rings is 2. The summed E-state index contributed by atoms with van der Waals surface area (Å²) in [5.41, 5.74) is -1.68. The standard InChI is InChI=1S/C11H14N2.C6H3N3O7/c1-9-8-12-11(13-9)7-10-5-3-2-4-6-10;10-6-4(8(13)14)1-3(7(11)12)2-5(6)9(15)16/h2-6,9H,7-8H2,1H3,(H,12,13);1-2,10H/t9-;/m0./s1. The third-order valence-corrected chi connectivity index (χ3v) is 3.85. The van der Waals surface area contributed by atoms with Gasteiger partial charge in [-0.1, -0.05) is 30.3 Å². The predicted molar refractivity (Wildman–Crippen MR) is 103 cm³/mol. The van der Waals surface area contributed by atoms with Crippen LogP contribution in [0.1, 0.15) is 12.5 Å². The first-order valence-electron chi connectivity index (χ1n) is 8.33. The highest BCUT2D eigenvalue weighted by atomic mass is 16.6. The van der Waals surface area contributed by atoms with E-state index in [1.165, 1.54) is 5.56 Å². The van der Waals surface area contributed by atoms with Gasteiger partial charge >= 0.3 is 11.4 Å². The van der Waals surface area contributed by atoms with Crippen LogP contribution in [-0.4, -0.2) is 38.3 Å². The van der Waals surface area contributed by atoms with Gasteiger partial charge in [-0.15, -0.1) is 0 Å². The predicted octanol–water partition coefficient (Wildman–Crippen LogP) is 2.74. The third-order valence-electron chi connectivity index (χ3n) is 3.85. The van der Waals surface area contributed by atoms with Crippen molar-refractivity contribution in [2.24, 2.45) is 4.99 Å². The molecule has 0 unspecified atom stereocenters. The summed E-state index contributed by atoms with van der Waals surface area (Å²) in [7, 11) is 0. The van der Waals surface area contributed by atoms with Crippen LogP contribution in [0.2, 0.25) is 0 Å². The Hall–Kier alpha value is -4.09. The van der Waals surface area contributed by atoms with Crippen LogP contribution in [0.5, 0.6) is 5.75 Å². The fraction of sp³-hybridized carbons (Fsp3) is 0.235. The molecule has 2 aromatic carbocycles. The first kappa shape index (κ1) is 21.2. The molecule has 1 aliphatic heterocycles. The van der Waals surface area contributed by atoms with Crippen LogP contribution in [0.4, 0.5) is 17.1 Å². The molecule has 0 radical (unpaired) electrons. The molecule has 0 aliphatic carbocycles. The summed E-state index contributed by atoms with van der Waals surface area (Å²) < 4.78 is 0. The van der Waals surface area contributed by atoms with E-state index in [1.807, 2.05) is 6.07 Å². The second kappa shape index (κ2) is 9.21. The smallest absolute Gasteiger partial charge is 0.324 e. The van der Waals surface area contributed by atoms with Crippen LogP contribution in [0.3, 0.4) is 0 Å². The topological polar surface area (TPSA) is 174 Å². The number of aromatic hydroxyl groups is 1. The zero-order valence-electron chi connectivity index (χ0n) is 15.2. The molecule has 0 fully saturated rings. The van der Waals surface area contributed by atoms with E-state index in [2.05, 4.69) is 41.5 Å². The van der Waals surface area contributed by atoms with Crippen LogP contribution in [0, 0.1) is 30.3 Å². The Kier molecular flexibility index (Phi) is 6.74. The van der Waals surface area contributed by atoms with Crippen LogP contribution < -0.4 is 5.32 Å². The average Bonchev–Trinajstić information content (AvgIpc) is 3.07. The lowest BCUT2D eigenvalue weighted by Crippen LogP contribution is -2.21. The van der Waals surface area contributed by atoms with Crippen molar-refractivity contribution >= 4 is 22.9 Å². The van der Waals surface area contributed by atoms with E-state index in [0.717, 1.165) is 18.8 Å². The molecule has 3 rings (SSSR count). The van der Waals surface area contributed by atoms with Gasteiger partial charge in [0.1, 0.15) is 5.84 Å². The molecular formula is C17H17N5O7. The number of nitro groups is 3. The molecule has 1 atom stereocenters. The molecular weight excluding hydrogens is 386 g/mol. The van der Waals surface area contributed by atoms with Gasteiger partial charge in [0, 0.05) is 13.0 Å². The van der Waals surface area contributed by atoms with Gasteiger partial charge in [0.15, 0.2) is 0 Å². The molecule has 12 heteroatoms. The van der Waals surface area contributed by atoms with Crippen molar-refractivity contribution in [3.63, 3.8) is 0 Å². The molecule has 1 aliphatic rings. The fourth-order valence-electron chi connectivity index (χ4n) is 2.49. The van der Waals surface area contributed by atoms with Gasteiger partial charge in [0.05, 0.1) is 32.9 Å². The number of aliphatic imine (C=N–C) groups is 1. The van der Waals surface area contributed by atoms with Crippen LogP contribution in [0.25, 0.3) is 0 Å². The van der Waals surface area contributed by atoms with Gasteiger partial charge in [-0.3, -0.25) is 35.3 Å². The molecule has 0 saturated heterocycles. The van der Waals surface area contributed by atoms with E-state index < -0.39 is 37.6 Å². The van der Waals surface area contributed by atoms with E-state index in [1.54, 1.807) is 0 Å². The summed E-state index contributed by atoms with van der Waals surface area (Å²) in [6.07, 6.45) is 0.936. The Labute approximate surface area is 164 Å². The van der Waals surface area contributed by atoms with Gasteiger partial charge in [-0.2, -0.15) is 0 Å². The van der Waals surface area contributed by atoms with Crippen LogP contribution >= 0.6 is 0 Å². The molecule has 0 aromatic heterocycles. The molecule has 2 N–H and O–H groups in total. The number of phenolic OH excluding ortho intramolecular Hbond substituents is 1. The second-order valence-corrected chi connectivity index (χ2v) is 6.07. The number of nitro benzene ring substituents is 3. The van der Waals surface area contributed by atoms with Crippen molar-refractivity contribution in [2.75, 3.05) is 6.54 Å². The van der Waals surface area contributed by atoms with E-state index in [4.69, 9.17) is 5.11 Å². The van der Waals surface area contributed by atoms with Crippen molar-refractivity contribution in [1.29, 1.82) is 0 Å². The highest BCUT2D eigenvalue weighted by Gasteiger charge is 2.30. The minimum absolute atomic E-state index is 0.443. The zero-order chi connectivity index (χ0) is 21.6. The minimum atomic E-state index is -1.21. The molecule has 0 spiro atoms. The third kappa shape index (κ3) is 5.69. The summed E-state index contributed by atoms with van der Waals surface area (Å²) in [4.78, 5) is 32.3. The van der Waals surface area contributed by atoms with Crippen molar-refractivity contribution in [3.05, 3.63) is 78.4 Å². The summed E-state index contributed by atoms with van der Waals surface area (Å²) >= 11 is 0. The maximum atomic E-state index is 10.4. The maximum Gasteiger partial charge on any atom is 0.324 e. The summed E-state index contributed by atoms with van der Waals surface area (Å²) in [6.45, 7) is 3.12. The lowest BCUT2D eigenvalue weighted by atomic mass is 10.1. The maximum absolute atomic E-state index is 10.4. The SMILES string of the molecule is C[C@H]1CNC(Cc2ccccc2)=N1.O=[N+]([O-])c1cc([N+](=O)[O-])c(O)c([N+](=O)[O-])c1. The number of amidine groups is 1. The number of hydrogen-bond donors (Lipinski definition) is 2. The molecule has 1 heterocycles. The fourth-order valence-corrected chi connectivity index (χ4v) is 2.49.